The first-order valence-electron chi connectivity index (χ1n) is 6.98. The lowest BCUT2D eigenvalue weighted by Gasteiger charge is -2.18. The summed E-state index contributed by atoms with van der Waals surface area (Å²) in [4.78, 5) is 10.6. The van der Waals surface area contributed by atoms with Gasteiger partial charge in [-0.3, -0.25) is 0 Å². The fourth-order valence-corrected chi connectivity index (χ4v) is 4.73. The lowest BCUT2D eigenvalue weighted by Crippen LogP contribution is -2.08. The number of rotatable bonds is 3. The summed E-state index contributed by atoms with van der Waals surface area (Å²) in [7, 11) is 1.78. The van der Waals surface area contributed by atoms with E-state index in [1.807, 2.05) is 18.2 Å². The third-order valence-corrected chi connectivity index (χ3v) is 5.75. The van der Waals surface area contributed by atoms with E-state index in [9.17, 15) is 0 Å². The van der Waals surface area contributed by atoms with Crippen LogP contribution in [0.4, 0.5) is 10.3 Å². The Morgan fingerprint density at radius 2 is 2.05 bits per heavy atom. The number of nitrogens with one attached hydrogen (secondary N) is 1. The minimum atomic E-state index is 0.206. The molecule has 0 fully saturated rings. The van der Waals surface area contributed by atoms with Crippen molar-refractivity contribution in [3.05, 3.63) is 34.8 Å². The van der Waals surface area contributed by atoms with Crippen LogP contribution in [0.2, 0.25) is 0 Å². The molecule has 4 rings (SSSR count). The Morgan fingerprint density at radius 1 is 1.19 bits per heavy atom. The maximum absolute atomic E-state index is 5.56. The molecule has 0 aliphatic heterocycles. The fraction of sp³-hybridized carbons (Fsp3) is 0.333. The van der Waals surface area contributed by atoms with Gasteiger partial charge < -0.3 is 10.1 Å². The van der Waals surface area contributed by atoms with Crippen LogP contribution in [0.3, 0.4) is 0 Å². The molecule has 3 aromatic rings. The standard InChI is InChI=1S/C15H15N3OS2/c1-19-11-7-4-6-10-13(11)21-15(17-10)18-14-16-9-5-2-3-8-12(9)20-14/h2-3,5,8,11H,4,6-7H2,1H3,(H,16,17,18). The van der Waals surface area contributed by atoms with Crippen LogP contribution in [0.5, 0.6) is 0 Å². The van der Waals surface area contributed by atoms with Gasteiger partial charge in [-0.05, 0) is 31.4 Å². The number of fused-ring (bicyclic) bond motifs is 2. The predicted molar refractivity (Wildman–Crippen MR) is 87.7 cm³/mol. The van der Waals surface area contributed by atoms with Gasteiger partial charge in [0.25, 0.3) is 0 Å². The maximum atomic E-state index is 5.56. The predicted octanol–water partition coefficient (Wildman–Crippen LogP) is 4.52. The van der Waals surface area contributed by atoms with E-state index >= 15 is 0 Å². The van der Waals surface area contributed by atoms with E-state index in [1.54, 1.807) is 29.8 Å². The molecule has 1 unspecified atom stereocenters. The molecule has 0 saturated carbocycles. The van der Waals surface area contributed by atoms with E-state index < -0.39 is 0 Å². The van der Waals surface area contributed by atoms with Crippen molar-refractivity contribution in [2.75, 3.05) is 12.4 Å². The highest BCUT2D eigenvalue weighted by atomic mass is 32.1. The fourth-order valence-electron chi connectivity index (χ4n) is 2.68. The van der Waals surface area contributed by atoms with E-state index in [1.165, 1.54) is 15.3 Å². The lowest BCUT2D eigenvalue weighted by molar-refractivity contribution is 0.0908. The van der Waals surface area contributed by atoms with Crippen LogP contribution in [-0.2, 0) is 11.2 Å². The summed E-state index contributed by atoms with van der Waals surface area (Å²) in [5, 5.41) is 5.17. The molecular weight excluding hydrogens is 302 g/mol. The van der Waals surface area contributed by atoms with Crippen LogP contribution in [0.25, 0.3) is 10.2 Å². The molecule has 2 aromatic heterocycles. The number of para-hydroxylation sites is 1. The molecule has 0 bridgehead atoms. The first-order chi connectivity index (χ1) is 10.3. The number of hydrogen-bond donors (Lipinski definition) is 1. The zero-order valence-corrected chi connectivity index (χ0v) is 13.3. The van der Waals surface area contributed by atoms with Crippen molar-refractivity contribution < 1.29 is 4.74 Å². The Kier molecular flexibility index (Phi) is 3.37. The van der Waals surface area contributed by atoms with Crippen LogP contribution >= 0.6 is 22.7 Å². The third kappa shape index (κ3) is 2.43. The Hall–Kier alpha value is -1.50. The average Bonchev–Trinajstić information content (AvgIpc) is 3.09. The summed E-state index contributed by atoms with van der Waals surface area (Å²) in [6.45, 7) is 0. The van der Waals surface area contributed by atoms with Crippen molar-refractivity contribution in [3.8, 4) is 0 Å². The highest BCUT2D eigenvalue weighted by molar-refractivity contribution is 7.22. The second kappa shape index (κ2) is 5.36. The molecule has 1 N–H and O–H groups in total. The summed E-state index contributed by atoms with van der Waals surface area (Å²) in [5.74, 6) is 0. The van der Waals surface area contributed by atoms with Crippen LogP contribution in [0, 0.1) is 0 Å². The van der Waals surface area contributed by atoms with Gasteiger partial charge >= 0.3 is 0 Å². The molecule has 1 aliphatic carbocycles. The number of thiazole rings is 2. The number of hydrogen-bond acceptors (Lipinski definition) is 6. The molecule has 2 heterocycles. The first-order valence-corrected chi connectivity index (χ1v) is 8.62. The van der Waals surface area contributed by atoms with E-state index in [4.69, 9.17) is 9.72 Å². The smallest absolute Gasteiger partial charge is 0.190 e. The molecule has 0 saturated heterocycles. The maximum Gasteiger partial charge on any atom is 0.190 e. The van der Waals surface area contributed by atoms with Crippen LogP contribution in [0.1, 0.15) is 29.5 Å². The van der Waals surface area contributed by atoms with Crippen molar-refractivity contribution in [3.63, 3.8) is 0 Å². The monoisotopic (exact) mass is 317 g/mol. The summed E-state index contributed by atoms with van der Waals surface area (Å²) in [5.41, 5.74) is 2.21. The largest absolute Gasteiger partial charge is 0.376 e. The quantitative estimate of drug-likeness (QED) is 0.771. The van der Waals surface area contributed by atoms with Crippen molar-refractivity contribution in [1.82, 2.24) is 9.97 Å². The Balaban J connectivity index is 1.64. The topological polar surface area (TPSA) is 47.0 Å². The lowest BCUT2D eigenvalue weighted by atomic mass is 10.0. The number of nitrogens with zero attached hydrogens (tertiary/aromatic N) is 2. The van der Waals surface area contributed by atoms with Crippen molar-refractivity contribution in [2.45, 2.75) is 25.4 Å². The van der Waals surface area contributed by atoms with Gasteiger partial charge in [0.15, 0.2) is 10.3 Å². The van der Waals surface area contributed by atoms with Crippen molar-refractivity contribution in [2.24, 2.45) is 0 Å². The number of anilines is 2. The second-order valence-electron chi connectivity index (χ2n) is 5.06. The third-order valence-electron chi connectivity index (χ3n) is 3.69. The number of methoxy groups -OCH3 is 1. The molecule has 0 amide bonds. The van der Waals surface area contributed by atoms with E-state index in [0.717, 1.165) is 35.0 Å². The van der Waals surface area contributed by atoms with Gasteiger partial charge in [0.05, 0.1) is 26.9 Å². The second-order valence-corrected chi connectivity index (χ2v) is 7.12. The van der Waals surface area contributed by atoms with E-state index in [2.05, 4.69) is 16.4 Å². The molecule has 0 spiro atoms. The highest BCUT2D eigenvalue weighted by Gasteiger charge is 2.24. The number of benzene rings is 1. The molecule has 108 valence electrons. The molecule has 21 heavy (non-hydrogen) atoms. The van der Waals surface area contributed by atoms with Gasteiger partial charge in [0, 0.05) is 7.11 Å². The van der Waals surface area contributed by atoms with Crippen LogP contribution in [-0.4, -0.2) is 17.1 Å². The molecule has 1 aromatic carbocycles. The molecule has 1 aliphatic rings. The van der Waals surface area contributed by atoms with Gasteiger partial charge in [-0.25, -0.2) is 9.97 Å². The van der Waals surface area contributed by atoms with Crippen molar-refractivity contribution in [1.29, 1.82) is 0 Å². The van der Waals surface area contributed by atoms with Crippen LogP contribution in [0.15, 0.2) is 24.3 Å². The minimum absolute atomic E-state index is 0.206. The summed E-state index contributed by atoms with van der Waals surface area (Å²) >= 11 is 3.35. The number of aryl methyl sites for hydroxylation is 1. The van der Waals surface area contributed by atoms with Gasteiger partial charge in [-0.1, -0.05) is 34.8 Å². The molecular formula is C15H15N3OS2. The van der Waals surface area contributed by atoms with Gasteiger partial charge in [0.1, 0.15) is 0 Å². The first kappa shape index (κ1) is 13.2. The molecule has 4 nitrogen and oxygen atoms in total. The van der Waals surface area contributed by atoms with Gasteiger partial charge in [-0.15, -0.1) is 0 Å². The Bertz CT molecular complexity index is 747. The van der Waals surface area contributed by atoms with E-state index in [0.29, 0.717) is 0 Å². The van der Waals surface area contributed by atoms with E-state index in [-0.39, 0.29) is 6.10 Å². The zero-order valence-electron chi connectivity index (χ0n) is 11.6. The molecule has 0 radical (unpaired) electrons. The van der Waals surface area contributed by atoms with Crippen molar-refractivity contribution >= 4 is 43.2 Å². The highest BCUT2D eigenvalue weighted by Crippen LogP contribution is 2.39. The summed E-state index contributed by atoms with van der Waals surface area (Å²) < 4.78 is 6.75. The number of aromatic nitrogens is 2. The Morgan fingerprint density at radius 3 is 2.90 bits per heavy atom. The summed E-state index contributed by atoms with van der Waals surface area (Å²) in [6, 6.07) is 8.17. The van der Waals surface area contributed by atoms with Gasteiger partial charge in [0.2, 0.25) is 0 Å². The molecule has 6 heteroatoms. The average molecular weight is 317 g/mol. The Labute approximate surface area is 130 Å². The molecule has 1 atom stereocenters. The normalized spacial score (nSPS) is 17.9. The summed E-state index contributed by atoms with van der Waals surface area (Å²) in [6.07, 6.45) is 3.49. The minimum Gasteiger partial charge on any atom is -0.376 e. The number of ether oxygens (including phenoxy) is 1. The zero-order chi connectivity index (χ0) is 14.2. The van der Waals surface area contributed by atoms with Crippen LogP contribution < -0.4 is 5.32 Å². The van der Waals surface area contributed by atoms with Gasteiger partial charge in [-0.2, -0.15) is 0 Å². The SMILES string of the molecule is COC1CCCc2nc(Nc3nc4ccccc4s3)sc21.